The van der Waals surface area contributed by atoms with Gasteiger partial charge in [0.15, 0.2) is 0 Å². The Hall–Kier alpha value is -4.85. The second-order valence-electron chi connectivity index (χ2n) is 19.1. The fourth-order valence-electron chi connectivity index (χ4n) is 10.6. The van der Waals surface area contributed by atoms with Gasteiger partial charge in [0, 0.05) is 0 Å². The van der Waals surface area contributed by atoms with Crippen molar-refractivity contribution < 1.29 is 46.1 Å². The zero-order valence-electron chi connectivity index (χ0n) is 38.9. The minimum Gasteiger partial charge on any atom is -1.00 e. The molecule has 5 heteroatoms. The summed E-state index contributed by atoms with van der Waals surface area (Å²) in [7, 11) is 0. The van der Waals surface area contributed by atoms with Gasteiger partial charge in [-0.1, -0.05) is 0 Å². The van der Waals surface area contributed by atoms with E-state index in [0.717, 1.165) is 29.3 Å². The third-order valence-corrected chi connectivity index (χ3v) is 23.1. The summed E-state index contributed by atoms with van der Waals surface area (Å²) in [5.41, 5.74) is 17.9. The van der Waals surface area contributed by atoms with Crippen LogP contribution in [0.4, 0.5) is 0 Å². The fraction of sp³-hybridized carbons (Fsp3) is 0.159. The van der Waals surface area contributed by atoms with Crippen LogP contribution in [0, 0.1) is 0 Å². The summed E-state index contributed by atoms with van der Waals surface area (Å²) in [6, 6.07) is 72.0. The molecule has 0 nitrogen and oxygen atoms in total. The Kier molecular flexibility index (Phi) is 15.3. The maximum absolute atomic E-state index is 6.64. The molecule has 8 aromatic carbocycles. The predicted molar refractivity (Wildman–Crippen MR) is 279 cm³/mol. The average molecular weight is 1040 g/mol. The minimum atomic E-state index is -2.98. The SMILES string of the molecule is CC(C)(c1ccccc1)c1cc2c(cc1-c1ccc(Cl)cc1)[CH]([Zr+2]([C]1=CC=CC1)=[C](Cc1ccccc1)Cc1ccccc1)c1cc(-c3ccc(Cl)cc3)c(C(C)(C)c3ccccc3)cc1-2.[Cl-].[Cl-]. The molecule has 0 atom stereocenters. The molecule has 10 rings (SSSR count). The molecule has 0 saturated carbocycles. The van der Waals surface area contributed by atoms with Crippen molar-refractivity contribution in [1.82, 2.24) is 0 Å². The van der Waals surface area contributed by atoms with E-state index in [4.69, 9.17) is 23.2 Å². The van der Waals surface area contributed by atoms with Gasteiger partial charge in [0.25, 0.3) is 0 Å². The summed E-state index contributed by atoms with van der Waals surface area (Å²) in [5, 5.41) is 1.49. The van der Waals surface area contributed by atoms with Crippen molar-refractivity contribution in [3.8, 4) is 33.4 Å². The number of hydrogen-bond acceptors (Lipinski definition) is 0. The maximum Gasteiger partial charge on any atom is -1.00 e. The molecular weight excluding hydrogens is 990 g/mol. The number of fused-ring (bicyclic) bond motifs is 3. The van der Waals surface area contributed by atoms with Gasteiger partial charge in [-0.25, -0.2) is 0 Å². The minimum absolute atomic E-state index is 0. The van der Waals surface area contributed by atoms with Crippen molar-refractivity contribution in [2.24, 2.45) is 0 Å². The first-order valence-corrected chi connectivity index (χ1v) is 27.9. The molecule has 68 heavy (non-hydrogen) atoms. The Morgan fingerprint density at radius 1 is 0.485 bits per heavy atom. The van der Waals surface area contributed by atoms with Gasteiger partial charge >= 0.3 is 413 Å². The monoisotopic (exact) mass is 1040 g/mol. The van der Waals surface area contributed by atoms with Gasteiger partial charge in [0.2, 0.25) is 0 Å². The molecule has 338 valence electrons. The molecule has 0 unspecified atom stereocenters. The van der Waals surface area contributed by atoms with Crippen LogP contribution >= 0.6 is 23.2 Å². The van der Waals surface area contributed by atoms with Gasteiger partial charge in [0.1, 0.15) is 0 Å². The van der Waals surface area contributed by atoms with Gasteiger partial charge in [-0.15, -0.1) is 0 Å². The van der Waals surface area contributed by atoms with Crippen LogP contribution < -0.4 is 24.8 Å². The molecule has 8 aromatic rings. The third-order valence-electron chi connectivity index (χ3n) is 14.2. The summed E-state index contributed by atoms with van der Waals surface area (Å²) >= 11 is 10.3. The second kappa shape index (κ2) is 21.0. The van der Waals surface area contributed by atoms with Gasteiger partial charge in [-0.05, 0) is 0 Å². The molecule has 0 amide bonds. The number of hydrogen-bond donors (Lipinski definition) is 0. The van der Waals surface area contributed by atoms with E-state index in [2.05, 4.69) is 216 Å². The van der Waals surface area contributed by atoms with Crippen molar-refractivity contribution in [3.05, 3.63) is 270 Å². The van der Waals surface area contributed by atoms with E-state index in [-0.39, 0.29) is 39.3 Å². The van der Waals surface area contributed by atoms with Gasteiger partial charge < -0.3 is 24.8 Å². The van der Waals surface area contributed by atoms with E-state index >= 15 is 0 Å². The first kappa shape index (κ1) is 49.6. The molecule has 0 radical (unpaired) electrons. The van der Waals surface area contributed by atoms with Crippen molar-refractivity contribution in [2.45, 2.75) is 61.4 Å². The summed E-state index contributed by atoms with van der Waals surface area (Å²) in [6.45, 7) is 9.58. The van der Waals surface area contributed by atoms with Crippen molar-refractivity contribution in [2.75, 3.05) is 0 Å². The number of benzene rings is 8. The molecule has 0 bridgehead atoms. The summed E-state index contributed by atoms with van der Waals surface area (Å²) in [6.07, 6.45) is 10.2. The number of allylic oxidation sites excluding steroid dienone is 4. The molecule has 0 N–H and O–H groups in total. The van der Waals surface area contributed by atoms with Crippen LogP contribution in [0.1, 0.15) is 82.2 Å². The van der Waals surface area contributed by atoms with Crippen LogP contribution in [-0.2, 0) is 44.9 Å². The number of halogens is 4. The fourth-order valence-corrected chi connectivity index (χ4v) is 20.1. The van der Waals surface area contributed by atoms with E-state index in [1.807, 2.05) is 24.3 Å². The van der Waals surface area contributed by atoms with E-state index in [1.165, 1.54) is 77.9 Å². The molecule has 0 aliphatic heterocycles. The Bertz CT molecular complexity index is 2940. The van der Waals surface area contributed by atoms with E-state index in [1.54, 1.807) is 6.49 Å². The second-order valence-corrected chi connectivity index (χ2v) is 26.7. The quantitative estimate of drug-likeness (QED) is 0.114. The van der Waals surface area contributed by atoms with Crippen LogP contribution in [0.5, 0.6) is 0 Å². The first-order valence-electron chi connectivity index (χ1n) is 23.2. The van der Waals surface area contributed by atoms with Gasteiger partial charge in [0.05, 0.1) is 0 Å². The van der Waals surface area contributed by atoms with Gasteiger partial charge in [-0.3, -0.25) is 0 Å². The van der Waals surface area contributed by atoms with Crippen molar-refractivity contribution >= 4 is 26.4 Å². The Labute approximate surface area is 433 Å². The Balaban J connectivity index is 0.00000312. The zero-order chi connectivity index (χ0) is 45.4. The average Bonchev–Trinajstić information content (AvgIpc) is 3.99. The van der Waals surface area contributed by atoms with Gasteiger partial charge in [-0.2, -0.15) is 0 Å². The molecule has 2 aliphatic rings. The topological polar surface area (TPSA) is 0 Å². The standard InChI is InChI=1S/C43H35Cl2.C15H14.C5H5.2ClH.Zr/c1-42(2,32-11-7-5-8-12-32)40-26-36-30(24-38(40)28-15-19-34(44)20-16-28)23-31-25-39(29-17-21-35(45)22-18-29)41(27-37(31)36)43(3,4)33-13-9-6-10-14-33;1-3-8-14(9-4-1)12-7-13-15-10-5-2-6-11-15;1-2-4-5-3-1;;;/h5-27H,1-4H3;1-6,8-11H,12-13H2;1-3H,4H2;2*1H;/q;;;;;+2/p-2. The molecular formula is C63H54Cl4Zr. The molecule has 0 fully saturated rings. The summed E-state index contributed by atoms with van der Waals surface area (Å²) < 4.78 is 3.61. The van der Waals surface area contributed by atoms with E-state index < -0.39 is 21.3 Å². The van der Waals surface area contributed by atoms with Crippen LogP contribution in [-0.4, -0.2) is 3.21 Å². The van der Waals surface area contributed by atoms with E-state index in [9.17, 15) is 0 Å². The van der Waals surface area contributed by atoms with Crippen molar-refractivity contribution in [1.29, 1.82) is 0 Å². The third kappa shape index (κ3) is 9.81. The molecule has 0 aromatic heterocycles. The van der Waals surface area contributed by atoms with Crippen LogP contribution in [0.25, 0.3) is 33.4 Å². The largest absolute Gasteiger partial charge is 1.00 e. The number of rotatable bonds is 12. The Morgan fingerprint density at radius 2 is 0.868 bits per heavy atom. The first-order chi connectivity index (χ1) is 32.1. The predicted octanol–water partition coefficient (Wildman–Crippen LogP) is 11.2. The van der Waals surface area contributed by atoms with Crippen molar-refractivity contribution in [3.63, 3.8) is 0 Å². The zero-order valence-corrected chi connectivity index (χ0v) is 44.4. The van der Waals surface area contributed by atoms with Crippen LogP contribution in [0.3, 0.4) is 0 Å². The molecule has 2 aliphatic carbocycles. The smallest absolute Gasteiger partial charge is 1.00 e. The normalized spacial score (nSPS) is 12.8. The summed E-state index contributed by atoms with van der Waals surface area (Å²) in [5.74, 6) is 0. The van der Waals surface area contributed by atoms with Crippen LogP contribution in [0.2, 0.25) is 10.0 Å². The molecule has 0 heterocycles. The van der Waals surface area contributed by atoms with E-state index in [0.29, 0.717) is 0 Å². The van der Waals surface area contributed by atoms with Crippen LogP contribution in [0.15, 0.2) is 216 Å². The maximum atomic E-state index is 6.64. The summed E-state index contributed by atoms with van der Waals surface area (Å²) in [4.78, 5) is 0. The molecule has 0 spiro atoms. The molecule has 0 saturated heterocycles. The Morgan fingerprint density at radius 3 is 1.24 bits per heavy atom.